The van der Waals surface area contributed by atoms with Crippen LogP contribution in [0.3, 0.4) is 0 Å². The van der Waals surface area contributed by atoms with Gasteiger partial charge in [0.25, 0.3) is 0 Å². The van der Waals surface area contributed by atoms with Gasteiger partial charge in [0.05, 0.1) is 6.61 Å². The van der Waals surface area contributed by atoms with Gasteiger partial charge in [0.1, 0.15) is 5.82 Å². The van der Waals surface area contributed by atoms with Crippen LogP contribution in [0.2, 0.25) is 0 Å². The van der Waals surface area contributed by atoms with Gasteiger partial charge < -0.3 is 4.74 Å². The summed E-state index contributed by atoms with van der Waals surface area (Å²) < 4.78 is 60.0. The summed E-state index contributed by atoms with van der Waals surface area (Å²) in [5, 5.41) is 0.254. The standard InChI is InChI=1S/C28H20F4O/c1-33-17-21-9-12-22(25(29)15-21)11-8-19-4-2-18(3-5-19)6-7-20-10-13-24-23(14-20)16-26(30)28(32)27(24)31/h2-5,9-10,12-16H,8,11,17H2,1H3. The van der Waals surface area contributed by atoms with Gasteiger partial charge in [-0.3, -0.25) is 0 Å². The van der Waals surface area contributed by atoms with E-state index in [1.54, 1.807) is 19.2 Å². The number of hydrogen-bond acceptors (Lipinski definition) is 1. The van der Waals surface area contributed by atoms with Crippen molar-refractivity contribution in [3.05, 3.63) is 118 Å². The monoisotopic (exact) mass is 448 g/mol. The van der Waals surface area contributed by atoms with Gasteiger partial charge in [0.2, 0.25) is 0 Å². The largest absolute Gasteiger partial charge is 0.380 e. The van der Waals surface area contributed by atoms with Crippen molar-refractivity contribution in [2.45, 2.75) is 19.4 Å². The van der Waals surface area contributed by atoms with Crippen molar-refractivity contribution in [1.82, 2.24) is 0 Å². The van der Waals surface area contributed by atoms with E-state index in [-0.39, 0.29) is 16.6 Å². The fourth-order valence-electron chi connectivity index (χ4n) is 3.61. The van der Waals surface area contributed by atoms with Gasteiger partial charge in [-0.2, -0.15) is 0 Å². The number of methoxy groups -OCH3 is 1. The molecule has 0 fully saturated rings. The molecule has 4 aromatic carbocycles. The van der Waals surface area contributed by atoms with Gasteiger partial charge >= 0.3 is 0 Å². The number of rotatable bonds is 5. The Labute approximate surface area is 189 Å². The molecule has 1 nitrogen and oxygen atoms in total. The maximum atomic E-state index is 14.2. The maximum Gasteiger partial charge on any atom is 0.195 e. The van der Waals surface area contributed by atoms with Gasteiger partial charge in [-0.1, -0.05) is 42.2 Å². The first-order chi connectivity index (χ1) is 15.9. The average Bonchev–Trinajstić information content (AvgIpc) is 2.81. The Morgan fingerprint density at radius 2 is 1.36 bits per heavy atom. The molecule has 4 rings (SSSR count). The third-order valence-electron chi connectivity index (χ3n) is 5.39. The van der Waals surface area contributed by atoms with E-state index >= 15 is 0 Å². The Kier molecular flexibility index (Phi) is 6.76. The van der Waals surface area contributed by atoms with Crippen molar-refractivity contribution in [1.29, 1.82) is 0 Å². The second kappa shape index (κ2) is 9.89. The molecule has 0 spiro atoms. The Hall–Kier alpha value is -3.62. The van der Waals surface area contributed by atoms with E-state index in [0.717, 1.165) is 22.8 Å². The predicted octanol–water partition coefficient (Wildman–Crippen LogP) is 6.73. The Bertz CT molecular complexity index is 1370. The molecule has 166 valence electrons. The molecule has 33 heavy (non-hydrogen) atoms. The molecular formula is C28H20F4O. The highest BCUT2D eigenvalue weighted by atomic mass is 19.2. The van der Waals surface area contributed by atoms with E-state index in [4.69, 9.17) is 4.74 Å². The molecule has 0 bridgehead atoms. The van der Waals surface area contributed by atoms with Crippen molar-refractivity contribution < 1.29 is 22.3 Å². The summed E-state index contributed by atoms with van der Waals surface area (Å²) >= 11 is 0. The summed E-state index contributed by atoms with van der Waals surface area (Å²) in [4.78, 5) is 0. The van der Waals surface area contributed by atoms with E-state index < -0.39 is 17.5 Å². The molecule has 0 saturated heterocycles. The highest BCUT2D eigenvalue weighted by Crippen LogP contribution is 2.24. The normalized spacial score (nSPS) is 10.8. The van der Waals surface area contributed by atoms with Crippen LogP contribution in [0.5, 0.6) is 0 Å². The Morgan fingerprint density at radius 3 is 2.09 bits per heavy atom. The first-order valence-corrected chi connectivity index (χ1v) is 10.4. The first kappa shape index (κ1) is 22.6. The van der Waals surface area contributed by atoms with Crippen LogP contribution in [-0.4, -0.2) is 7.11 Å². The van der Waals surface area contributed by atoms with E-state index in [9.17, 15) is 17.6 Å². The molecule has 0 amide bonds. The van der Waals surface area contributed by atoms with Gasteiger partial charge in [0.15, 0.2) is 17.5 Å². The molecule has 5 heteroatoms. The summed E-state index contributed by atoms with van der Waals surface area (Å²) in [7, 11) is 1.58. The molecule has 0 radical (unpaired) electrons. The summed E-state index contributed by atoms with van der Waals surface area (Å²) in [5.74, 6) is 1.83. The number of aryl methyl sites for hydroxylation is 2. The lowest BCUT2D eigenvalue weighted by atomic mass is 10.0. The smallest absolute Gasteiger partial charge is 0.195 e. The van der Waals surface area contributed by atoms with Crippen LogP contribution < -0.4 is 0 Å². The maximum absolute atomic E-state index is 14.2. The van der Waals surface area contributed by atoms with Crippen LogP contribution in [0.25, 0.3) is 10.8 Å². The summed E-state index contributed by atoms with van der Waals surface area (Å²) in [6, 6.07) is 18.2. The molecule has 0 unspecified atom stereocenters. The van der Waals surface area contributed by atoms with Gasteiger partial charge in [-0.25, -0.2) is 17.6 Å². The number of ether oxygens (including phenoxy) is 1. The predicted molar refractivity (Wildman–Crippen MR) is 121 cm³/mol. The van der Waals surface area contributed by atoms with E-state index in [2.05, 4.69) is 11.8 Å². The quantitative estimate of drug-likeness (QED) is 0.187. The van der Waals surface area contributed by atoms with Crippen LogP contribution in [0.1, 0.15) is 27.8 Å². The van der Waals surface area contributed by atoms with Gasteiger partial charge in [-0.15, -0.1) is 0 Å². The number of fused-ring (bicyclic) bond motifs is 1. The molecule has 0 aliphatic heterocycles. The van der Waals surface area contributed by atoms with Crippen LogP contribution >= 0.6 is 0 Å². The molecule has 0 N–H and O–H groups in total. The molecule has 0 aromatic heterocycles. The molecular weight excluding hydrogens is 428 g/mol. The van der Waals surface area contributed by atoms with Gasteiger partial charge in [0, 0.05) is 23.6 Å². The van der Waals surface area contributed by atoms with Crippen LogP contribution in [0.4, 0.5) is 17.6 Å². The van der Waals surface area contributed by atoms with E-state index in [0.29, 0.717) is 30.6 Å². The Morgan fingerprint density at radius 1 is 0.667 bits per heavy atom. The zero-order chi connectivity index (χ0) is 23.4. The summed E-state index contributed by atoms with van der Waals surface area (Å²) in [6.45, 7) is 0.380. The lowest BCUT2D eigenvalue weighted by Crippen LogP contribution is -1.97. The van der Waals surface area contributed by atoms with Gasteiger partial charge in [-0.05, 0) is 71.3 Å². The van der Waals surface area contributed by atoms with E-state index in [1.807, 2.05) is 30.3 Å². The fraction of sp³-hybridized carbons (Fsp3) is 0.143. The lowest BCUT2D eigenvalue weighted by molar-refractivity contribution is 0.184. The lowest BCUT2D eigenvalue weighted by Gasteiger charge is -2.06. The third kappa shape index (κ3) is 5.24. The number of hydrogen-bond donors (Lipinski definition) is 0. The summed E-state index contributed by atoms with van der Waals surface area (Å²) in [6.07, 6.45) is 1.27. The second-order valence-electron chi connectivity index (χ2n) is 7.73. The van der Waals surface area contributed by atoms with Crippen LogP contribution in [0, 0.1) is 35.1 Å². The number of halogens is 4. The van der Waals surface area contributed by atoms with Crippen molar-refractivity contribution in [3.8, 4) is 11.8 Å². The molecule has 0 heterocycles. The van der Waals surface area contributed by atoms with E-state index in [1.165, 1.54) is 18.2 Å². The second-order valence-corrected chi connectivity index (χ2v) is 7.73. The zero-order valence-electron chi connectivity index (χ0n) is 17.9. The minimum atomic E-state index is -1.48. The molecule has 4 aromatic rings. The molecule has 0 saturated carbocycles. The minimum Gasteiger partial charge on any atom is -0.380 e. The summed E-state index contributed by atoms with van der Waals surface area (Å²) in [5.41, 5.74) is 3.84. The fourth-order valence-corrected chi connectivity index (χ4v) is 3.61. The highest BCUT2D eigenvalue weighted by Gasteiger charge is 2.13. The number of benzene rings is 4. The first-order valence-electron chi connectivity index (χ1n) is 10.4. The molecule has 0 atom stereocenters. The zero-order valence-corrected chi connectivity index (χ0v) is 17.9. The minimum absolute atomic E-state index is 0.00794. The topological polar surface area (TPSA) is 9.23 Å². The van der Waals surface area contributed by atoms with Crippen LogP contribution in [0.15, 0.2) is 66.7 Å². The van der Waals surface area contributed by atoms with Crippen LogP contribution in [-0.2, 0) is 24.2 Å². The highest BCUT2D eigenvalue weighted by molar-refractivity contribution is 5.84. The SMILES string of the molecule is COCc1ccc(CCc2ccc(C#Cc3ccc4c(F)c(F)c(F)cc4c3)cc2)c(F)c1. The third-order valence-corrected chi connectivity index (χ3v) is 5.39. The van der Waals surface area contributed by atoms with Crippen molar-refractivity contribution in [2.24, 2.45) is 0 Å². The average molecular weight is 448 g/mol. The molecule has 0 aliphatic rings. The van der Waals surface area contributed by atoms with Crippen molar-refractivity contribution in [2.75, 3.05) is 7.11 Å². The van der Waals surface area contributed by atoms with Crippen molar-refractivity contribution in [3.63, 3.8) is 0 Å². The molecule has 0 aliphatic carbocycles. The Balaban J connectivity index is 1.44. The van der Waals surface area contributed by atoms with Crippen molar-refractivity contribution >= 4 is 10.8 Å².